The van der Waals surface area contributed by atoms with Gasteiger partial charge in [0.25, 0.3) is 0 Å². The van der Waals surface area contributed by atoms with Crippen molar-refractivity contribution >= 4 is 15.8 Å². The Morgan fingerprint density at radius 2 is 1.77 bits per heavy atom. The molecule has 2 saturated heterocycles. The molecular formula is C20H23F2N3O4S. The number of piperidine rings is 1. The Bertz CT molecular complexity index is 974. The van der Waals surface area contributed by atoms with Crippen LogP contribution in [0.3, 0.4) is 0 Å². The molecule has 0 bridgehead atoms. The summed E-state index contributed by atoms with van der Waals surface area (Å²) in [6.07, 6.45) is 2.50. The lowest BCUT2D eigenvalue weighted by Gasteiger charge is -2.33. The first-order chi connectivity index (χ1) is 14.4. The van der Waals surface area contributed by atoms with Gasteiger partial charge in [-0.25, -0.2) is 22.2 Å². The number of ether oxygens (including phenoxy) is 2. The smallest absolute Gasteiger partial charge is 0.244 e. The Morgan fingerprint density at radius 3 is 2.40 bits per heavy atom. The van der Waals surface area contributed by atoms with Crippen LogP contribution in [0.4, 0.5) is 14.6 Å². The molecule has 2 aromatic rings. The lowest BCUT2D eigenvalue weighted by molar-refractivity contribution is 0.0730. The number of rotatable bonds is 5. The highest BCUT2D eigenvalue weighted by Gasteiger charge is 2.27. The van der Waals surface area contributed by atoms with Crippen LogP contribution in [0, 0.1) is 11.6 Å². The summed E-state index contributed by atoms with van der Waals surface area (Å²) in [5, 5.41) is 0. The number of sulfonamides is 1. The van der Waals surface area contributed by atoms with E-state index in [1.165, 1.54) is 22.6 Å². The largest absolute Gasteiger partial charge is 0.487 e. The monoisotopic (exact) mass is 439 g/mol. The van der Waals surface area contributed by atoms with Gasteiger partial charge >= 0.3 is 0 Å². The van der Waals surface area contributed by atoms with Gasteiger partial charge in [0, 0.05) is 51.3 Å². The Morgan fingerprint density at radius 1 is 1.03 bits per heavy atom. The van der Waals surface area contributed by atoms with Gasteiger partial charge in [0.05, 0.1) is 13.2 Å². The summed E-state index contributed by atoms with van der Waals surface area (Å²) in [6.45, 7) is 2.73. The fraction of sp³-hybridized carbons (Fsp3) is 0.450. The molecule has 162 valence electrons. The van der Waals surface area contributed by atoms with Crippen LogP contribution in [0.1, 0.15) is 12.8 Å². The number of morpholine rings is 1. The van der Waals surface area contributed by atoms with Crippen molar-refractivity contribution in [2.45, 2.75) is 23.8 Å². The predicted octanol–water partition coefficient (Wildman–Crippen LogP) is 2.43. The van der Waals surface area contributed by atoms with Crippen LogP contribution in [0.2, 0.25) is 0 Å². The average Bonchev–Trinajstić information content (AvgIpc) is 2.77. The SMILES string of the molecule is O=S(=O)(c1ccc(N2CCC(Oc3ccc(F)cc3F)CC2)nc1)N1CCOCC1. The average molecular weight is 439 g/mol. The highest BCUT2D eigenvalue weighted by Crippen LogP contribution is 2.25. The van der Waals surface area contributed by atoms with E-state index in [4.69, 9.17) is 9.47 Å². The van der Waals surface area contributed by atoms with Gasteiger partial charge in [-0.05, 0) is 24.3 Å². The lowest BCUT2D eigenvalue weighted by Crippen LogP contribution is -2.40. The van der Waals surface area contributed by atoms with Crippen LogP contribution in [0.25, 0.3) is 0 Å². The second-order valence-electron chi connectivity index (χ2n) is 7.25. The van der Waals surface area contributed by atoms with Crippen molar-refractivity contribution in [1.82, 2.24) is 9.29 Å². The molecule has 7 nitrogen and oxygen atoms in total. The van der Waals surface area contributed by atoms with E-state index in [0.29, 0.717) is 58.1 Å². The molecule has 10 heteroatoms. The predicted molar refractivity (Wildman–Crippen MR) is 106 cm³/mol. The molecule has 2 aliphatic rings. The molecular weight excluding hydrogens is 416 g/mol. The molecule has 0 atom stereocenters. The molecule has 4 rings (SSSR count). The van der Waals surface area contributed by atoms with Gasteiger partial charge < -0.3 is 14.4 Å². The molecule has 0 radical (unpaired) electrons. The van der Waals surface area contributed by atoms with Crippen molar-refractivity contribution in [3.05, 3.63) is 48.2 Å². The van der Waals surface area contributed by atoms with E-state index in [0.717, 1.165) is 6.07 Å². The second kappa shape index (κ2) is 8.83. The van der Waals surface area contributed by atoms with Crippen molar-refractivity contribution in [3.8, 4) is 5.75 Å². The van der Waals surface area contributed by atoms with E-state index in [1.54, 1.807) is 12.1 Å². The Balaban J connectivity index is 1.35. The van der Waals surface area contributed by atoms with Gasteiger partial charge in [0.15, 0.2) is 11.6 Å². The van der Waals surface area contributed by atoms with Gasteiger partial charge in [-0.2, -0.15) is 4.31 Å². The van der Waals surface area contributed by atoms with Crippen LogP contribution in [-0.4, -0.2) is 63.2 Å². The molecule has 0 unspecified atom stereocenters. The minimum absolute atomic E-state index is 0.0469. The molecule has 30 heavy (non-hydrogen) atoms. The molecule has 1 aromatic carbocycles. The van der Waals surface area contributed by atoms with E-state index < -0.39 is 21.7 Å². The zero-order valence-corrected chi connectivity index (χ0v) is 17.2. The molecule has 1 aromatic heterocycles. The van der Waals surface area contributed by atoms with Gasteiger partial charge in [-0.3, -0.25) is 0 Å². The summed E-state index contributed by atoms with van der Waals surface area (Å²) in [6, 6.07) is 6.55. The maximum absolute atomic E-state index is 13.8. The summed E-state index contributed by atoms with van der Waals surface area (Å²) in [5.74, 6) is -0.621. The fourth-order valence-electron chi connectivity index (χ4n) is 3.60. The Hall–Kier alpha value is -2.30. The molecule has 2 aliphatic heterocycles. The summed E-state index contributed by atoms with van der Waals surface area (Å²) < 4.78 is 64.5. The molecule has 2 fully saturated rings. The highest BCUT2D eigenvalue weighted by molar-refractivity contribution is 7.89. The molecule has 3 heterocycles. The van der Waals surface area contributed by atoms with Crippen LogP contribution in [-0.2, 0) is 14.8 Å². The zero-order valence-electron chi connectivity index (χ0n) is 16.3. The first kappa shape index (κ1) is 21.0. The van der Waals surface area contributed by atoms with Gasteiger partial charge in [0.1, 0.15) is 22.6 Å². The van der Waals surface area contributed by atoms with Gasteiger partial charge in [-0.15, -0.1) is 0 Å². The highest BCUT2D eigenvalue weighted by atomic mass is 32.2. The normalized spacial score (nSPS) is 19.1. The van der Waals surface area contributed by atoms with Crippen molar-refractivity contribution in [1.29, 1.82) is 0 Å². The van der Waals surface area contributed by atoms with E-state index >= 15 is 0 Å². The summed E-state index contributed by atoms with van der Waals surface area (Å²) in [7, 11) is -3.57. The standard InChI is InChI=1S/C20H23F2N3O4S/c21-15-1-3-19(18(22)13-15)29-16-5-7-24(8-6-16)20-4-2-17(14-23-20)30(26,27)25-9-11-28-12-10-25/h1-4,13-14,16H,5-12H2. The number of aromatic nitrogens is 1. The van der Waals surface area contributed by atoms with Gasteiger partial charge in [0.2, 0.25) is 10.0 Å². The summed E-state index contributed by atoms with van der Waals surface area (Å²) in [4.78, 5) is 6.54. The van der Waals surface area contributed by atoms with Crippen molar-refractivity contribution < 1.29 is 26.7 Å². The number of nitrogens with zero attached hydrogens (tertiary/aromatic N) is 3. The molecule has 0 aliphatic carbocycles. The van der Waals surface area contributed by atoms with E-state index in [9.17, 15) is 17.2 Å². The van der Waals surface area contributed by atoms with Gasteiger partial charge in [-0.1, -0.05) is 0 Å². The Labute approximate surface area is 174 Å². The third-order valence-corrected chi connectivity index (χ3v) is 7.16. The second-order valence-corrected chi connectivity index (χ2v) is 9.19. The molecule has 0 saturated carbocycles. The molecule has 0 N–H and O–H groups in total. The third-order valence-electron chi connectivity index (χ3n) is 5.28. The topological polar surface area (TPSA) is 72.0 Å². The summed E-state index contributed by atoms with van der Waals surface area (Å²) in [5.41, 5.74) is 0. The van der Waals surface area contributed by atoms with E-state index in [1.807, 2.05) is 4.90 Å². The van der Waals surface area contributed by atoms with Crippen molar-refractivity contribution in [2.75, 3.05) is 44.3 Å². The number of anilines is 1. The third kappa shape index (κ3) is 4.55. The first-order valence-corrected chi connectivity index (χ1v) is 11.3. The minimum Gasteiger partial charge on any atom is -0.487 e. The maximum Gasteiger partial charge on any atom is 0.244 e. The molecule has 0 spiro atoms. The van der Waals surface area contributed by atoms with E-state index in [-0.39, 0.29) is 16.7 Å². The minimum atomic E-state index is -3.57. The zero-order chi connectivity index (χ0) is 21.1. The number of pyridine rings is 1. The maximum atomic E-state index is 13.8. The molecule has 0 amide bonds. The van der Waals surface area contributed by atoms with Crippen LogP contribution in [0.15, 0.2) is 41.4 Å². The number of hydrogen-bond donors (Lipinski definition) is 0. The number of halogens is 2. The van der Waals surface area contributed by atoms with Crippen LogP contribution >= 0.6 is 0 Å². The lowest BCUT2D eigenvalue weighted by atomic mass is 10.1. The Kier molecular flexibility index (Phi) is 6.16. The first-order valence-electron chi connectivity index (χ1n) is 9.84. The quantitative estimate of drug-likeness (QED) is 0.713. The summed E-state index contributed by atoms with van der Waals surface area (Å²) >= 11 is 0. The van der Waals surface area contributed by atoms with Crippen LogP contribution in [0.5, 0.6) is 5.75 Å². The van der Waals surface area contributed by atoms with Crippen molar-refractivity contribution in [3.63, 3.8) is 0 Å². The van der Waals surface area contributed by atoms with Crippen LogP contribution < -0.4 is 9.64 Å². The van der Waals surface area contributed by atoms with E-state index in [2.05, 4.69) is 4.98 Å². The number of hydrogen-bond acceptors (Lipinski definition) is 6. The van der Waals surface area contributed by atoms with Crippen molar-refractivity contribution in [2.24, 2.45) is 0 Å². The number of benzene rings is 1. The fourth-order valence-corrected chi connectivity index (χ4v) is 4.96.